The Balaban J connectivity index is 4.17. The number of carbonyl (C=O) groups excluding carboxylic acids is 2. The highest BCUT2D eigenvalue weighted by atomic mass is 31.2. The van der Waals surface area contributed by atoms with Crippen LogP contribution < -0.4 is 5.73 Å². The molecule has 0 radical (unpaired) electrons. The molecule has 0 spiro atoms. The minimum Gasteiger partial charge on any atom is -0.462 e. The van der Waals surface area contributed by atoms with E-state index in [1.165, 1.54) is 83.5 Å². The van der Waals surface area contributed by atoms with E-state index in [9.17, 15) is 19.0 Å². The van der Waals surface area contributed by atoms with Gasteiger partial charge in [-0.1, -0.05) is 141 Å². The summed E-state index contributed by atoms with van der Waals surface area (Å²) in [6.45, 7) is 3.68. The molecule has 0 bridgehead atoms. The Bertz CT molecular complexity index is 851. The van der Waals surface area contributed by atoms with Gasteiger partial charge in [0, 0.05) is 19.4 Å². The van der Waals surface area contributed by atoms with Crippen molar-refractivity contribution in [1.29, 1.82) is 0 Å². The lowest BCUT2D eigenvalue weighted by Crippen LogP contribution is -2.29. The Morgan fingerprint density at radius 1 is 0.625 bits per heavy atom. The van der Waals surface area contributed by atoms with E-state index < -0.39 is 26.5 Å². The van der Waals surface area contributed by atoms with Crippen LogP contribution >= 0.6 is 7.82 Å². The van der Waals surface area contributed by atoms with Crippen molar-refractivity contribution in [2.75, 3.05) is 26.4 Å². The number of hydrogen-bond donors (Lipinski definition) is 2. The second-order valence-corrected chi connectivity index (χ2v) is 14.3. The molecular weight excluding hydrogens is 629 g/mol. The van der Waals surface area contributed by atoms with Crippen molar-refractivity contribution in [2.45, 2.75) is 180 Å². The Labute approximate surface area is 293 Å². The van der Waals surface area contributed by atoms with Crippen molar-refractivity contribution >= 4 is 19.8 Å². The van der Waals surface area contributed by atoms with E-state index in [1.807, 2.05) is 0 Å². The van der Waals surface area contributed by atoms with Gasteiger partial charge in [0.2, 0.25) is 0 Å². The lowest BCUT2D eigenvalue weighted by atomic mass is 10.1. The Kier molecular flexibility index (Phi) is 34.2. The molecule has 0 aromatic carbocycles. The Morgan fingerprint density at radius 2 is 1.08 bits per heavy atom. The van der Waals surface area contributed by atoms with Crippen molar-refractivity contribution in [2.24, 2.45) is 5.73 Å². The molecule has 0 aliphatic heterocycles. The predicted octanol–water partition coefficient (Wildman–Crippen LogP) is 10.4. The first-order valence-electron chi connectivity index (χ1n) is 19.3. The molecule has 0 saturated carbocycles. The highest BCUT2D eigenvalue weighted by molar-refractivity contribution is 7.47. The number of unbranched alkanes of at least 4 members (excludes halogenated alkanes) is 19. The van der Waals surface area contributed by atoms with E-state index in [1.54, 1.807) is 0 Å². The van der Waals surface area contributed by atoms with Crippen molar-refractivity contribution in [3.05, 3.63) is 24.3 Å². The first-order valence-corrected chi connectivity index (χ1v) is 20.8. The lowest BCUT2D eigenvalue weighted by Gasteiger charge is -2.19. The van der Waals surface area contributed by atoms with Gasteiger partial charge < -0.3 is 20.1 Å². The quantitative estimate of drug-likeness (QED) is 0.0283. The third-order valence-corrected chi connectivity index (χ3v) is 9.07. The van der Waals surface area contributed by atoms with Crippen LogP contribution in [0.4, 0.5) is 0 Å². The Hall–Kier alpha value is -1.51. The van der Waals surface area contributed by atoms with Crippen molar-refractivity contribution < 1.29 is 37.6 Å². The summed E-state index contributed by atoms with van der Waals surface area (Å²) in [6, 6.07) is 0. The first-order chi connectivity index (χ1) is 23.3. The molecule has 0 rings (SSSR count). The molecule has 2 atom stereocenters. The topological polar surface area (TPSA) is 134 Å². The summed E-state index contributed by atoms with van der Waals surface area (Å²) in [7, 11) is -4.37. The fourth-order valence-corrected chi connectivity index (χ4v) is 5.96. The van der Waals surface area contributed by atoms with Crippen LogP contribution in [-0.4, -0.2) is 49.3 Å². The zero-order valence-corrected chi connectivity index (χ0v) is 31.6. The SMILES string of the molecule is CCCCC/C=C\C/C=C\CCCCCCCCCC(=O)OC[C@H](COP(=O)(O)OCCN)OC(=O)CCCCCCCCCCCC. The maximum Gasteiger partial charge on any atom is 0.472 e. The lowest BCUT2D eigenvalue weighted by molar-refractivity contribution is -0.161. The molecule has 0 saturated heterocycles. The van der Waals surface area contributed by atoms with Gasteiger partial charge in [0.05, 0.1) is 13.2 Å². The maximum atomic E-state index is 12.5. The molecule has 0 aromatic heterocycles. The highest BCUT2D eigenvalue weighted by Gasteiger charge is 2.25. The number of allylic oxidation sites excluding steroid dienone is 4. The minimum atomic E-state index is -4.37. The average molecular weight is 702 g/mol. The zero-order valence-electron chi connectivity index (χ0n) is 30.7. The molecular formula is C38H72NO8P. The third kappa shape index (κ3) is 34.4. The standard InChI is InChI=1S/C38H72NO8P/c1-3-5-7-9-11-13-15-16-17-18-19-20-21-23-24-26-28-30-37(40)44-34-36(35-46-48(42,43)45-33-32-39)47-38(41)31-29-27-25-22-14-12-10-8-6-4-2/h11,13,16-17,36H,3-10,12,14-15,18-35,39H2,1-2H3,(H,42,43)/b13-11-,17-16-/t36-/m1/s1. The van der Waals surface area contributed by atoms with E-state index >= 15 is 0 Å². The van der Waals surface area contributed by atoms with E-state index in [0.717, 1.165) is 57.8 Å². The van der Waals surface area contributed by atoms with Crippen LogP contribution in [0.15, 0.2) is 24.3 Å². The van der Waals surface area contributed by atoms with Crippen LogP contribution in [0.1, 0.15) is 174 Å². The summed E-state index contributed by atoms with van der Waals surface area (Å²) < 4.78 is 32.6. The maximum absolute atomic E-state index is 12.5. The molecule has 10 heteroatoms. The van der Waals surface area contributed by atoms with Crippen molar-refractivity contribution in [1.82, 2.24) is 0 Å². The number of phosphoric acid groups is 1. The highest BCUT2D eigenvalue weighted by Crippen LogP contribution is 2.43. The summed E-state index contributed by atoms with van der Waals surface area (Å²) >= 11 is 0. The van der Waals surface area contributed by atoms with Gasteiger partial charge >= 0.3 is 19.8 Å². The molecule has 0 fully saturated rings. The number of esters is 2. The number of carbonyl (C=O) groups is 2. The van der Waals surface area contributed by atoms with Crippen LogP contribution in [0.2, 0.25) is 0 Å². The largest absolute Gasteiger partial charge is 0.472 e. The van der Waals surface area contributed by atoms with Gasteiger partial charge in [-0.3, -0.25) is 18.6 Å². The van der Waals surface area contributed by atoms with Crippen molar-refractivity contribution in [3.8, 4) is 0 Å². The summed E-state index contributed by atoms with van der Waals surface area (Å²) in [5, 5.41) is 0. The number of nitrogens with two attached hydrogens (primary N) is 1. The van der Waals surface area contributed by atoms with Crippen LogP contribution in [0.3, 0.4) is 0 Å². The number of rotatable bonds is 36. The first kappa shape index (κ1) is 46.5. The van der Waals surface area contributed by atoms with Crippen LogP contribution in [0, 0.1) is 0 Å². The van der Waals surface area contributed by atoms with Gasteiger partial charge in [0.15, 0.2) is 6.10 Å². The summed E-state index contributed by atoms with van der Waals surface area (Å²) in [5.74, 6) is -0.837. The van der Waals surface area contributed by atoms with Crippen LogP contribution in [0.5, 0.6) is 0 Å². The van der Waals surface area contributed by atoms with Gasteiger partial charge in [0.25, 0.3) is 0 Å². The molecule has 9 nitrogen and oxygen atoms in total. The summed E-state index contributed by atoms with van der Waals surface area (Å²) in [4.78, 5) is 34.7. The normalized spacial score (nSPS) is 13.7. The van der Waals surface area contributed by atoms with Gasteiger partial charge in [-0.2, -0.15) is 0 Å². The third-order valence-electron chi connectivity index (χ3n) is 8.09. The average Bonchev–Trinajstić information content (AvgIpc) is 3.07. The number of phosphoric ester groups is 1. The number of ether oxygens (including phenoxy) is 2. The summed E-state index contributed by atoms with van der Waals surface area (Å²) in [5.41, 5.74) is 5.33. The molecule has 282 valence electrons. The second kappa shape index (κ2) is 35.3. The molecule has 0 aromatic rings. The monoisotopic (exact) mass is 701 g/mol. The van der Waals surface area contributed by atoms with E-state index in [4.69, 9.17) is 24.3 Å². The van der Waals surface area contributed by atoms with E-state index in [0.29, 0.717) is 6.42 Å². The fourth-order valence-electron chi connectivity index (χ4n) is 5.19. The molecule has 1 unspecified atom stereocenters. The minimum absolute atomic E-state index is 0.0535. The van der Waals surface area contributed by atoms with Crippen LogP contribution in [-0.2, 0) is 32.7 Å². The molecule has 0 aliphatic carbocycles. The van der Waals surface area contributed by atoms with Gasteiger partial charge in [-0.15, -0.1) is 0 Å². The van der Waals surface area contributed by atoms with Gasteiger partial charge in [-0.25, -0.2) is 4.57 Å². The number of hydrogen-bond acceptors (Lipinski definition) is 8. The smallest absolute Gasteiger partial charge is 0.462 e. The zero-order chi connectivity index (χ0) is 35.4. The second-order valence-electron chi connectivity index (χ2n) is 12.8. The predicted molar refractivity (Wildman–Crippen MR) is 197 cm³/mol. The van der Waals surface area contributed by atoms with E-state index in [2.05, 4.69) is 38.2 Å². The van der Waals surface area contributed by atoms with Gasteiger partial charge in [0.1, 0.15) is 6.61 Å². The van der Waals surface area contributed by atoms with Crippen molar-refractivity contribution in [3.63, 3.8) is 0 Å². The van der Waals surface area contributed by atoms with Gasteiger partial charge in [-0.05, 0) is 44.9 Å². The molecule has 48 heavy (non-hydrogen) atoms. The summed E-state index contributed by atoms with van der Waals surface area (Å²) in [6.07, 6.45) is 34.9. The molecule has 0 aliphatic rings. The fraction of sp³-hybridized carbons (Fsp3) is 0.842. The molecule has 3 N–H and O–H groups in total. The molecule has 0 heterocycles. The molecule has 0 amide bonds. The van der Waals surface area contributed by atoms with E-state index in [-0.39, 0.29) is 38.6 Å². The Morgan fingerprint density at radius 3 is 1.62 bits per heavy atom. The van der Waals surface area contributed by atoms with Crippen LogP contribution in [0.25, 0.3) is 0 Å².